The highest BCUT2D eigenvalue weighted by atomic mass is 19.1. The number of anilines is 1. The fourth-order valence-corrected chi connectivity index (χ4v) is 5.02. The van der Waals surface area contributed by atoms with Gasteiger partial charge in [0.15, 0.2) is 0 Å². The number of hydrogen-bond acceptors (Lipinski definition) is 5. The first kappa shape index (κ1) is 28.2. The Kier molecular flexibility index (Phi) is 9.60. The van der Waals surface area contributed by atoms with Crippen molar-refractivity contribution in [3.8, 4) is 17.2 Å². The van der Waals surface area contributed by atoms with Crippen molar-refractivity contribution in [3.63, 3.8) is 0 Å². The number of benzene rings is 3. The molecule has 3 aromatic carbocycles. The molecular weight excluding hydrogens is 500 g/mol. The zero-order valence-electron chi connectivity index (χ0n) is 22.2. The van der Waals surface area contributed by atoms with Gasteiger partial charge in [-0.15, -0.1) is 0 Å². The molecule has 1 heterocycles. The van der Waals surface area contributed by atoms with Crippen molar-refractivity contribution < 1.29 is 18.3 Å². The monoisotopic (exact) mass is 533 g/mol. The number of nitriles is 1. The number of urea groups is 1. The number of carbonyl (C=O) groups is 1. The molecule has 1 fully saturated rings. The molecule has 2 N–H and O–H groups in total. The molecule has 0 unspecified atom stereocenters. The van der Waals surface area contributed by atoms with Crippen molar-refractivity contribution in [2.24, 2.45) is 0 Å². The normalized spacial score (nSPS) is 16.8. The van der Waals surface area contributed by atoms with E-state index in [-0.39, 0.29) is 17.8 Å². The number of amides is 2. The van der Waals surface area contributed by atoms with Crippen LogP contribution in [0.2, 0.25) is 0 Å². The lowest BCUT2D eigenvalue weighted by molar-refractivity contribution is 0.0364. The summed E-state index contributed by atoms with van der Waals surface area (Å²) in [5.41, 5.74) is 3.63. The quantitative estimate of drug-likeness (QED) is 0.404. The number of nitrogens with zero attached hydrogens (tertiary/aromatic N) is 3. The van der Waals surface area contributed by atoms with Crippen LogP contribution in [-0.4, -0.2) is 68.3 Å². The van der Waals surface area contributed by atoms with Crippen LogP contribution in [0, 0.1) is 23.0 Å². The van der Waals surface area contributed by atoms with Gasteiger partial charge in [-0.2, -0.15) is 5.26 Å². The Labute approximate surface area is 228 Å². The van der Waals surface area contributed by atoms with E-state index in [1.807, 2.05) is 42.5 Å². The maximum atomic E-state index is 13.6. The molecule has 1 aliphatic heterocycles. The van der Waals surface area contributed by atoms with Gasteiger partial charge in [-0.25, -0.2) is 13.6 Å². The highest BCUT2D eigenvalue weighted by Gasteiger charge is 2.30. The van der Waals surface area contributed by atoms with E-state index in [0.717, 1.165) is 61.1 Å². The molecule has 0 bridgehead atoms. The topological polar surface area (TPSA) is 80.6 Å². The van der Waals surface area contributed by atoms with Crippen LogP contribution in [0.15, 0.2) is 66.7 Å². The summed E-state index contributed by atoms with van der Waals surface area (Å²) in [4.78, 5) is 17.4. The number of halogens is 2. The molecular formula is C30H33F2N5O2. The van der Waals surface area contributed by atoms with E-state index < -0.39 is 17.7 Å². The van der Waals surface area contributed by atoms with Gasteiger partial charge in [0.2, 0.25) is 0 Å². The van der Waals surface area contributed by atoms with Crippen LogP contribution in [0.1, 0.15) is 24.1 Å². The summed E-state index contributed by atoms with van der Waals surface area (Å²) in [6, 6.07) is 20.2. The lowest BCUT2D eigenvalue weighted by Crippen LogP contribution is -2.55. The number of ether oxygens (including phenoxy) is 1. The van der Waals surface area contributed by atoms with Crippen LogP contribution in [0.4, 0.5) is 19.3 Å². The van der Waals surface area contributed by atoms with Gasteiger partial charge < -0.3 is 15.4 Å². The van der Waals surface area contributed by atoms with Crippen LogP contribution in [0.3, 0.4) is 0 Å². The van der Waals surface area contributed by atoms with Gasteiger partial charge in [0.1, 0.15) is 11.6 Å². The summed E-state index contributed by atoms with van der Waals surface area (Å²) < 4.78 is 32.4. The third kappa shape index (κ3) is 7.60. The first-order valence-corrected chi connectivity index (χ1v) is 12.9. The number of nitrogens with one attached hydrogen (secondary N) is 2. The van der Waals surface area contributed by atoms with Crippen molar-refractivity contribution in [1.82, 2.24) is 15.1 Å². The number of carbonyl (C=O) groups excluding carboxylic acids is 1. The second kappa shape index (κ2) is 13.3. The summed E-state index contributed by atoms with van der Waals surface area (Å²) in [7, 11) is 1.70. The maximum absolute atomic E-state index is 13.6. The van der Waals surface area contributed by atoms with Gasteiger partial charge in [0, 0.05) is 57.6 Å². The zero-order valence-corrected chi connectivity index (χ0v) is 22.2. The minimum atomic E-state index is -0.760. The Bertz CT molecular complexity index is 1290. The molecule has 204 valence electrons. The second-order valence-electron chi connectivity index (χ2n) is 9.70. The fraction of sp³-hybridized carbons (Fsp3) is 0.333. The maximum Gasteiger partial charge on any atom is 0.319 e. The predicted molar refractivity (Wildman–Crippen MR) is 147 cm³/mol. The molecule has 0 aliphatic carbocycles. The molecule has 2 atom stereocenters. The van der Waals surface area contributed by atoms with E-state index >= 15 is 0 Å². The minimum absolute atomic E-state index is 0.0469. The van der Waals surface area contributed by atoms with Crippen molar-refractivity contribution >= 4 is 11.7 Å². The smallest absolute Gasteiger partial charge is 0.319 e. The van der Waals surface area contributed by atoms with Crippen molar-refractivity contribution in [2.75, 3.05) is 51.8 Å². The van der Waals surface area contributed by atoms with Gasteiger partial charge in [-0.1, -0.05) is 36.4 Å². The molecule has 1 saturated heterocycles. The van der Waals surface area contributed by atoms with E-state index in [1.165, 1.54) is 0 Å². The number of piperazine rings is 1. The number of hydrogen-bond donors (Lipinski definition) is 2. The Morgan fingerprint density at radius 3 is 2.49 bits per heavy atom. The van der Waals surface area contributed by atoms with E-state index in [0.29, 0.717) is 18.7 Å². The molecule has 0 radical (unpaired) electrons. The molecule has 0 saturated carbocycles. The average molecular weight is 534 g/mol. The molecule has 4 rings (SSSR count). The van der Waals surface area contributed by atoms with Gasteiger partial charge in [-0.05, 0) is 47.9 Å². The van der Waals surface area contributed by atoms with Crippen LogP contribution in [0.5, 0.6) is 0 Å². The Morgan fingerprint density at radius 1 is 1.08 bits per heavy atom. The molecule has 2 amide bonds. The van der Waals surface area contributed by atoms with Crippen molar-refractivity contribution in [2.45, 2.75) is 19.0 Å². The van der Waals surface area contributed by atoms with Crippen LogP contribution < -0.4 is 10.6 Å². The van der Waals surface area contributed by atoms with Gasteiger partial charge in [0.25, 0.3) is 0 Å². The Morgan fingerprint density at radius 2 is 1.82 bits per heavy atom. The SMILES string of the molecule is COCCN1CCN([C@@H](CNC(=O)Nc2cc(F)cc(F)c2)c2ccc(-c3cccc(C#N)c3)cc2)[C@@H](C)C1. The fourth-order valence-electron chi connectivity index (χ4n) is 5.02. The van der Waals surface area contributed by atoms with E-state index in [4.69, 9.17) is 4.74 Å². The Balaban J connectivity index is 1.51. The van der Waals surface area contributed by atoms with E-state index in [1.54, 1.807) is 13.2 Å². The van der Waals surface area contributed by atoms with Crippen molar-refractivity contribution in [1.29, 1.82) is 5.26 Å². The highest BCUT2D eigenvalue weighted by molar-refractivity contribution is 5.89. The standard InChI is InChI=1S/C30H33F2N5O2/c1-21-20-36(12-13-39-2)10-11-37(21)29(19-34-30(38)35-28-16-26(31)15-27(32)17-28)24-8-6-23(7-9-24)25-5-3-4-22(14-25)18-33/h3-9,14-17,21,29H,10-13,19-20H2,1-2H3,(H2,34,35,38)/t21-,29-/m0/s1. The van der Waals surface area contributed by atoms with Gasteiger partial charge in [0.05, 0.1) is 24.3 Å². The third-order valence-electron chi connectivity index (χ3n) is 6.97. The molecule has 7 nitrogen and oxygen atoms in total. The molecule has 39 heavy (non-hydrogen) atoms. The second-order valence-corrected chi connectivity index (χ2v) is 9.70. The molecule has 0 aromatic heterocycles. The minimum Gasteiger partial charge on any atom is -0.383 e. The summed E-state index contributed by atoms with van der Waals surface area (Å²) in [6.45, 7) is 6.55. The van der Waals surface area contributed by atoms with E-state index in [9.17, 15) is 18.8 Å². The number of methoxy groups -OCH3 is 1. The first-order valence-electron chi connectivity index (χ1n) is 12.9. The first-order chi connectivity index (χ1) is 18.9. The molecule has 1 aliphatic rings. The summed E-state index contributed by atoms with van der Waals surface area (Å²) in [5, 5.41) is 14.6. The summed E-state index contributed by atoms with van der Waals surface area (Å²) >= 11 is 0. The molecule has 0 spiro atoms. The predicted octanol–water partition coefficient (Wildman–Crippen LogP) is 5.02. The number of rotatable bonds is 9. The van der Waals surface area contributed by atoms with Crippen LogP contribution in [-0.2, 0) is 4.74 Å². The largest absolute Gasteiger partial charge is 0.383 e. The average Bonchev–Trinajstić information content (AvgIpc) is 2.92. The Hall–Kier alpha value is -3.84. The van der Waals surface area contributed by atoms with E-state index in [2.05, 4.69) is 33.4 Å². The summed E-state index contributed by atoms with van der Waals surface area (Å²) in [6.07, 6.45) is 0. The molecule has 9 heteroatoms. The van der Waals surface area contributed by atoms with Gasteiger partial charge in [-0.3, -0.25) is 9.80 Å². The lowest BCUT2D eigenvalue weighted by Gasteiger charge is -2.44. The van der Waals surface area contributed by atoms with Gasteiger partial charge >= 0.3 is 6.03 Å². The highest BCUT2D eigenvalue weighted by Crippen LogP contribution is 2.28. The third-order valence-corrected chi connectivity index (χ3v) is 6.97. The molecule has 3 aromatic rings. The van der Waals surface area contributed by atoms with Crippen molar-refractivity contribution in [3.05, 3.63) is 89.5 Å². The summed E-state index contributed by atoms with van der Waals surface area (Å²) in [5.74, 6) is -1.52. The van der Waals surface area contributed by atoms with Crippen LogP contribution >= 0.6 is 0 Å². The lowest BCUT2D eigenvalue weighted by atomic mass is 9.97. The van der Waals surface area contributed by atoms with Crippen LogP contribution in [0.25, 0.3) is 11.1 Å². The zero-order chi connectivity index (χ0) is 27.8.